The van der Waals surface area contributed by atoms with E-state index in [1.54, 1.807) is 0 Å². The molecule has 0 radical (unpaired) electrons. The van der Waals surface area contributed by atoms with Crippen LogP contribution in [0.3, 0.4) is 0 Å². The molecule has 1 aromatic heterocycles. The molecule has 0 bridgehead atoms. The average molecular weight is 253 g/mol. The van der Waals surface area contributed by atoms with Crippen molar-refractivity contribution in [1.82, 2.24) is 4.57 Å². The molecule has 1 aromatic carbocycles. The lowest BCUT2D eigenvalue weighted by atomic mass is 9.91. The quantitative estimate of drug-likeness (QED) is 0.741. The van der Waals surface area contributed by atoms with Gasteiger partial charge in [0.15, 0.2) is 0 Å². The summed E-state index contributed by atoms with van der Waals surface area (Å²) in [6.45, 7) is 4.30. The van der Waals surface area contributed by atoms with Crippen LogP contribution < -0.4 is 0 Å². The Balaban J connectivity index is 2.03. The Labute approximate surface area is 113 Å². The van der Waals surface area contributed by atoms with Gasteiger partial charge in [0.2, 0.25) is 0 Å². The minimum atomic E-state index is 0.149. The van der Waals surface area contributed by atoms with Crippen LogP contribution >= 0.6 is 0 Å². The van der Waals surface area contributed by atoms with E-state index < -0.39 is 0 Å². The van der Waals surface area contributed by atoms with Crippen molar-refractivity contribution in [3.8, 4) is 0 Å². The van der Waals surface area contributed by atoms with Crippen molar-refractivity contribution in [3.63, 3.8) is 0 Å². The molecule has 1 aliphatic carbocycles. The largest absolute Gasteiger partial charge is 0.283 e. The number of rotatable bonds is 1. The van der Waals surface area contributed by atoms with Gasteiger partial charge in [0, 0.05) is 17.2 Å². The van der Waals surface area contributed by atoms with E-state index in [2.05, 4.69) is 26.0 Å². The van der Waals surface area contributed by atoms with Gasteiger partial charge in [-0.05, 0) is 43.7 Å². The summed E-state index contributed by atoms with van der Waals surface area (Å²) in [6, 6.07) is 8.10. The van der Waals surface area contributed by atoms with Gasteiger partial charge in [-0.15, -0.1) is 0 Å². The molecule has 1 aliphatic rings. The van der Waals surface area contributed by atoms with Crippen LogP contribution in [0.2, 0.25) is 0 Å². The van der Waals surface area contributed by atoms with Gasteiger partial charge >= 0.3 is 0 Å². The Bertz CT molecular complexity index is 663. The number of hydrogen-bond donors (Lipinski definition) is 0. The smallest absolute Gasteiger partial charge is 0.257 e. The number of para-hydroxylation sites is 1. The first-order valence-corrected chi connectivity index (χ1v) is 6.97. The molecule has 0 fully saturated rings. The second-order valence-electron chi connectivity index (χ2n) is 5.61. The summed E-state index contributed by atoms with van der Waals surface area (Å²) in [5.41, 5.74) is 3.15. The molecule has 0 N–H and O–H groups in total. The maximum atomic E-state index is 12.6. The summed E-state index contributed by atoms with van der Waals surface area (Å²) in [6.07, 6.45) is 7.15. The van der Waals surface area contributed by atoms with Crippen LogP contribution in [-0.2, 0) is 0 Å². The third-order valence-corrected chi connectivity index (χ3v) is 4.08. The summed E-state index contributed by atoms with van der Waals surface area (Å²) >= 11 is 0. The van der Waals surface area contributed by atoms with Crippen molar-refractivity contribution in [2.24, 2.45) is 5.92 Å². The topological polar surface area (TPSA) is 22.0 Å². The maximum Gasteiger partial charge on any atom is 0.257 e. The fourth-order valence-electron chi connectivity index (χ4n) is 2.83. The van der Waals surface area contributed by atoms with Gasteiger partial charge in [-0.25, -0.2) is 0 Å². The maximum absolute atomic E-state index is 12.6. The van der Waals surface area contributed by atoms with Gasteiger partial charge in [-0.1, -0.05) is 31.2 Å². The van der Waals surface area contributed by atoms with Crippen LogP contribution in [0, 0.1) is 12.8 Å². The Morgan fingerprint density at radius 1 is 1.32 bits per heavy atom. The first-order chi connectivity index (χ1) is 9.16. The first kappa shape index (κ1) is 12.2. The average Bonchev–Trinajstić information content (AvgIpc) is 2.77. The van der Waals surface area contributed by atoms with Gasteiger partial charge in [-0.3, -0.25) is 9.36 Å². The van der Waals surface area contributed by atoms with Gasteiger partial charge in [0.25, 0.3) is 5.91 Å². The number of hydrogen-bond acceptors (Lipinski definition) is 1. The Morgan fingerprint density at radius 2 is 2.11 bits per heavy atom. The summed E-state index contributed by atoms with van der Waals surface area (Å²) < 4.78 is 1.81. The minimum Gasteiger partial charge on any atom is -0.283 e. The minimum absolute atomic E-state index is 0.149. The molecule has 0 amide bonds. The number of fused-ring (bicyclic) bond motifs is 1. The van der Waals surface area contributed by atoms with Crippen LogP contribution in [0.25, 0.3) is 10.9 Å². The molecule has 1 heterocycles. The Hall–Kier alpha value is -1.83. The summed E-state index contributed by atoms with van der Waals surface area (Å²) in [5, 5.41) is 1.17. The number of carbonyl (C=O) groups is 1. The van der Waals surface area contributed by atoms with Crippen molar-refractivity contribution < 1.29 is 4.79 Å². The predicted octanol–water partition coefficient (Wildman–Crippen LogP) is 4.34. The predicted molar refractivity (Wildman–Crippen MR) is 78.4 cm³/mol. The van der Waals surface area contributed by atoms with Crippen LogP contribution in [0.5, 0.6) is 0 Å². The molecular weight excluding hydrogens is 234 g/mol. The van der Waals surface area contributed by atoms with Crippen molar-refractivity contribution in [3.05, 3.63) is 47.7 Å². The Morgan fingerprint density at radius 3 is 2.84 bits per heavy atom. The first-order valence-electron chi connectivity index (χ1n) is 6.97. The molecule has 2 heteroatoms. The van der Waals surface area contributed by atoms with Crippen molar-refractivity contribution in [2.75, 3.05) is 0 Å². The number of allylic oxidation sites excluding steroid dienone is 2. The summed E-state index contributed by atoms with van der Waals surface area (Å²) in [4.78, 5) is 12.6. The molecule has 1 atom stereocenters. The number of nitrogens with zero attached hydrogens (tertiary/aromatic N) is 1. The molecular formula is C17H19NO. The summed E-state index contributed by atoms with van der Waals surface area (Å²) in [7, 11) is 0. The SMILES string of the molecule is Cc1cn(C(=O)C2=CCC(C)CC2)c2ccccc12. The zero-order valence-corrected chi connectivity index (χ0v) is 11.5. The monoisotopic (exact) mass is 253 g/mol. The molecule has 0 saturated carbocycles. The third kappa shape index (κ3) is 2.12. The van der Waals surface area contributed by atoms with Gasteiger partial charge in [0.1, 0.15) is 0 Å². The van der Waals surface area contributed by atoms with E-state index in [9.17, 15) is 4.79 Å². The van der Waals surface area contributed by atoms with E-state index in [0.29, 0.717) is 5.92 Å². The van der Waals surface area contributed by atoms with Crippen molar-refractivity contribution >= 4 is 16.8 Å². The second-order valence-corrected chi connectivity index (χ2v) is 5.61. The zero-order chi connectivity index (χ0) is 13.4. The van der Waals surface area contributed by atoms with Crippen LogP contribution in [0.4, 0.5) is 0 Å². The Kier molecular flexibility index (Phi) is 3.02. The van der Waals surface area contributed by atoms with E-state index >= 15 is 0 Å². The third-order valence-electron chi connectivity index (χ3n) is 4.08. The molecule has 2 nitrogen and oxygen atoms in total. The molecule has 1 unspecified atom stereocenters. The molecule has 19 heavy (non-hydrogen) atoms. The molecule has 98 valence electrons. The second kappa shape index (κ2) is 4.69. The lowest BCUT2D eigenvalue weighted by molar-refractivity contribution is 0.0952. The van der Waals surface area contributed by atoms with Gasteiger partial charge < -0.3 is 0 Å². The standard InChI is InChI=1S/C17H19NO/c1-12-7-9-14(10-8-12)17(19)18-11-13(2)15-5-3-4-6-16(15)18/h3-6,9,11-12H,7-8,10H2,1-2H3. The van der Waals surface area contributed by atoms with Crippen molar-refractivity contribution in [1.29, 1.82) is 0 Å². The van der Waals surface area contributed by atoms with E-state index in [4.69, 9.17) is 0 Å². The number of aromatic nitrogens is 1. The molecule has 2 aromatic rings. The van der Waals surface area contributed by atoms with Crippen molar-refractivity contribution in [2.45, 2.75) is 33.1 Å². The highest BCUT2D eigenvalue weighted by molar-refractivity contribution is 6.02. The van der Waals surface area contributed by atoms with Crippen LogP contribution in [-0.4, -0.2) is 10.5 Å². The number of aryl methyl sites for hydroxylation is 1. The van der Waals surface area contributed by atoms with Crippen LogP contribution in [0.15, 0.2) is 42.1 Å². The molecule has 0 saturated heterocycles. The molecule has 0 aliphatic heterocycles. The number of carbonyl (C=O) groups excluding carboxylic acids is 1. The zero-order valence-electron chi connectivity index (χ0n) is 11.5. The summed E-state index contributed by atoms with van der Waals surface area (Å²) in [5.74, 6) is 0.857. The van der Waals surface area contributed by atoms with E-state index in [0.717, 1.165) is 35.9 Å². The molecule has 0 spiro atoms. The van der Waals surface area contributed by atoms with E-state index in [-0.39, 0.29) is 5.91 Å². The van der Waals surface area contributed by atoms with E-state index in [1.807, 2.05) is 29.0 Å². The van der Waals surface area contributed by atoms with Gasteiger partial charge in [0.05, 0.1) is 5.52 Å². The lowest BCUT2D eigenvalue weighted by Crippen LogP contribution is -2.15. The highest BCUT2D eigenvalue weighted by Crippen LogP contribution is 2.26. The highest BCUT2D eigenvalue weighted by Gasteiger charge is 2.19. The highest BCUT2D eigenvalue weighted by atomic mass is 16.2. The lowest BCUT2D eigenvalue weighted by Gasteiger charge is -2.17. The fourth-order valence-corrected chi connectivity index (χ4v) is 2.83. The van der Waals surface area contributed by atoms with Gasteiger partial charge in [-0.2, -0.15) is 0 Å². The van der Waals surface area contributed by atoms with Crippen LogP contribution in [0.1, 0.15) is 36.5 Å². The molecule has 3 rings (SSSR count). The van der Waals surface area contributed by atoms with E-state index in [1.165, 1.54) is 5.39 Å². The normalized spacial score (nSPS) is 19.5. The number of benzene rings is 1. The fraction of sp³-hybridized carbons (Fsp3) is 0.353.